The van der Waals surface area contributed by atoms with Crippen molar-refractivity contribution in [3.63, 3.8) is 0 Å². The molecule has 1 aliphatic heterocycles. The summed E-state index contributed by atoms with van der Waals surface area (Å²) in [5.41, 5.74) is 4.38. The van der Waals surface area contributed by atoms with E-state index in [2.05, 4.69) is 33.1 Å². The standard InChI is InChI=1S/C43H36ClN5O5.ClH/c1-51-35-10-12-36(13-11-35)53-42-17-9-34-24-33(6-15-39(34)47-42)28-48-20-22-49(23-21-48)43(50)19-8-30-7-16-40(38(44)25-30)54-41-18-14-37(27-46-41)52-29-32-4-2-31(26-45)3-5-32;/h2-19,24-25,27H,20-23,28-29H2,1H3;1H. The van der Waals surface area contributed by atoms with Gasteiger partial charge in [-0.05, 0) is 95.6 Å². The fraction of sp³-hybridized carbons (Fsp3) is 0.163. The van der Waals surface area contributed by atoms with Gasteiger partial charge in [0.2, 0.25) is 17.7 Å². The highest BCUT2D eigenvalue weighted by atomic mass is 35.5. The van der Waals surface area contributed by atoms with Crippen LogP contribution >= 0.6 is 24.0 Å². The summed E-state index contributed by atoms with van der Waals surface area (Å²) < 4.78 is 22.8. The second-order valence-electron chi connectivity index (χ2n) is 12.6. The number of rotatable bonds is 12. The molecule has 12 heteroatoms. The minimum absolute atomic E-state index is 0. The maximum Gasteiger partial charge on any atom is 0.246 e. The second kappa shape index (κ2) is 18.3. The normalized spacial score (nSPS) is 12.9. The number of piperazine rings is 1. The third kappa shape index (κ3) is 10.3. The van der Waals surface area contributed by atoms with Gasteiger partial charge in [0.1, 0.15) is 29.6 Å². The lowest BCUT2D eigenvalue weighted by molar-refractivity contribution is -0.127. The van der Waals surface area contributed by atoms with E-state index in [1.165, 1.54) is 5.56 Å². The molecule has 6 aromatic rings. The van der Waals surface area contributed by atoms with Gasteiger partial charge in [-0.3, -0.25) is 9.69 Å². The molecule has 2 aromatic heterocycles. The van der Waals surface area contributed by atoms with Gasteiger partial charge >= 0.3 is 0 Å². The summed E-state index contributed by atoms with van der Waals surface area (Å²) >= 11 is 6.53. The van der Waals surface area contributed by atoms with Gasteiger partial charge in [-0.2, -0.15) is 5.26 Å². The number of methoxy groups -OCH3 is 1. The average Bonchev–Trinajstić information content (AvgIpc) is 3.21. The number of halogens is 2. The first-order chi connectivity index (χ1) is 26.4. The van der Waals surface area contributed by atoms with Crippen LogP contribution in [0, 0.1) is 11.3 Å². The Morgan fingerprint density at radius 3 is 2.25 bits per heavy atom. The van der Waals surface area contributed by atoms with Crippen molar-refractivity contribution in [3.8, 4) is 40.8 Å². The van der Waals surface area contributed by atoms with Gasteiger partial charge < -0.3 is 23.8 Å². The molecule has 3 heterocycles. The van der Waals surface area contributed by atoms with Gasteiger partial charge in [-0.25, -0.2) is 9.97 Å². The Bertz CT molecular complexity index is 2310. The highest BCUT2D eigenvalue weighted by Crippen LogP contribution is 2.31. The van der Waals surface area contributed by atoms with Gasteiger partial charge in [0.05, 0.1) is 35.5 Å². The first-order valence-electron chi connectivity index (χ1n) is 17.4. The van der Waals surface area contributed by atoms with Crippen molar-refractivity contribution in [3.05, 3.63) is 149 Å². The van der Waals surface area contributed by atoms with E-state index >= 15 is 0 Å². The van der Waals surface area contributed by atoms with Crippen molar-refractivity contribution >= 4 is 46.9 Å². The Morgan fingerprint density at radius 2 is 1.55 bits per heavy atom. The predicted molar refractivity (Wildman–Crippen MR) is 214 cm³/mol. The molecule has 0 bridgehead atoms. The number of hydrogen-bond donors (Lipinski definition) is 0. The van der Waals surface area contributed by atoms with Crippen LogP contribution in [0.25, 0.3) is 17.0 Å². The summed E-state index contributed by atoms with van der Waals surface area (Å²) in [5.74, 6) is 3.35. The molecule has 1 amide bonds. The lowest BCUT2D eigenvalue weighted by Crippen LogP contribution is -2.47. The van der Waals surface area contributed by atoms with E-state index in [4.69, 9.17) is 35.8 Å². The number of hydrogen-bond acceptors (Lipinski definition) is 9. The Hall–Kier alpha value is -6.12. The number of fused-ring (bicyclic) bond motifs is 1. The number of ether oxygens (including phenoxy) is 4. The van der Waals surface area contributed by atoms with Crippen molar-refractivity contribution < 1.29 is 23.7 Å². The number of nitrogens with zero attached hydrogens (tertiary/aromatic N) is 5. The molecule has 7 rings (SSSR count). The number of amides is 1. The van der Waals surface area contributed by atoms with Crippen LogP contribution in [-0.4, -0.2) is 59.0 Å². The van der Waals surface area contributed by atoms with Crippen LogP contribution in [0.15, 0.2) is 121 Å². The summed E-state index contributed by atoms with van der Waals surface area (Å²) in [7, 11) is 1.63. The molecule has 0 radical (unpaired) electrons. The number of pyridine rings is 2. The van der Waals surface area contributed by atoms with E-state index in [9.17, 15) is 4.79 Å². The number of carbonyl (C=O) groups is 1. The topological polar surface area (TPSA) is 110 Å². The SMILES string of the molecule is COc1ccc(Oc2ccc3cc(CN4CCN(C(=O)C=Cc5ccc(Oc6ccc(OCc7ccc(C#N)cc7)cn6)c(Cl)c5)CC4)ccc3n2)cc1.Cl. The van der Waals surface area contributed by atoms with Gasteiger partial charge in [-0.1, -0.05) is 35.9 Å². The molecule has 0 spiro atoms. The number of carbonyl (C=O) groups excluding carboxylic acids is 1. The Balaban J connectivity index is 0.00000514. The fourth-order valence-corrected chi connectivity index (χ4v) is 6.13. The largest absolute Gasteiger partial charge is 0.497 e. The molecule has 1 aliphatic rings. The summed E-state index contributed by atoms with van der Waals surface area (Å²) in [6, 6.07) is 35.7. The zero-order valence-corrected chi connectivity index (χ0v) is 31.5. The minimum Gasteiger partial charge on any atom is -0.497 e. The van der Waals surface area contributed by atoms with E-state index in [1.54, 1.807) is 61.9 Å². The van der Waals surface area contributed by atoms with Crippen LogP contribution in [0.3, 0.4) is 0 Å². The first-order valence-corrected chi connectivity index (χ1v) is 17.7. The second-order valence-corrected chi connectivity index (χ2v) is 13.0. The van der Waals surface area contributed by atoms with E-state index in [0.29, 0.717) is 59.3 Å². The minimum atomic E-state index is -0.0405. The lowest BCUT2D eigenvalue weighted by Gasteiger charge is -2.34. The molecule has 4 aromatic carbocycles. The van der Waals surface area contributed by atoms with Gasteiger partial charge in [0, 0.05) is 56.3 Å². The quantitative estimate of drug-likeness (QED) is 0.113. The van der Waals surface area contributed by atoms with Crippen LogP contribution in [0.2, 0.25) is 5.02 Å². The number of nitriles is 1. The van der Waals surface area contributed by atoms with Gasteiger partial charge in [0.15, 0.2) is 0 Å². The molecule has 1 fully saturated rings. The maximum atomic E-state index is 13.0. The predicted octanol–water partition coefficient (Wildman–Crippen LogP) is 9.11. The summed E-state index contributed by atoms with van der Waals surface area (Å²) in [6.07, 6.45) is 4.93. The summed E-state index contributed by atoms with van der Waals surface area (Å²) in [6.45, 7) is 3.98. The van der Waals surface area contributed by atoms with Crippen molar-refractivity contribution in [2.24, 2.45) is 0 Å². The smallest absolute Gasteiger partial charge is 0.246 e. The highest BCUT2D eigenvalue weighted by molar-refractivity contribution is 6.32. The van der Waals surface area contributed by atoms with E-state index in [-0.39, 0.29) is 18.3 Å². The third-order valence-electron chi connectivity index (χ3n) is 8.89. The van der Waals surface area contributed by atoms with Crippen LogP contribution in [0.5, 0.6) is 34.8 Å². The number of aromatic nitrogens is 2. The van der Waals surface area contributed by atoms with Crippen LogP contribution in [-0.2, 0) is 17.9 Å². The van der Waals surface area contributed by atoms with Crippen molar-refractivity contribution in [2.75, 3.05) is 33.3 Å². The summed E-state index contributed by atoms with van der Waals surface area (Å²) in [4.78, 5) is 26.3. The zero-order valence-electron chi connectivity index (χ0n) is 29.9. The van der Waals surface area contributed by atoms with Gasteiger partial charge in [-0.15, -0.1) is 12.4 Å². The third-order valence-corrected chi connectivity index (χ3v) is 9.18. The van der Waals surface area contributed by atoms with Crippen molar-refractivity contribution in [2.45, 2.75) is 13.2 Å². The van der Waals surface area contributed by atoms with E-state index in [1.807, 2.05) is 65.6 Å². The average molecular weight is 775 g/mol. The van der Waals surface area contributed by atoms with E-state index in [0.717, 1.165) is 47.4 Å². The molecule has 0 atom stereocenters. The van der Waals surface area contributed by atoms with Crippen LogP contribution < -0.4 is 18.9 Å². The maximum absolute atomic E-state index is 13.0. The zero-order chi connectivity index (χ0) is 37.3. The van der Waals surface area contributed by atoms with Crippen LogP contribution in [0.1, 0.15) is 22.3 Å². The summed E-state index contributed by atoms with van der Waals surface area (Å²) in [5, 5.41) is 10.4. The first kappa shape index (κ1) is 38.6. The van der Waals surface area contributed by atoms with Crippen molar-refractivity contribution in [1.29, 1.82) is 5.26 Å². The number of benzene rings is 4. The molecule has 0 saturated carbocycles. The van der Waals surface area contributed by atoms with Crippen molar-refractivity contribution in [1.82, 2.24) is 19.8 Å². The molecule has 278 valence electrons. The Kier molecular flexibility index (Phi) is 12.8. The highest BCUT2D eigenvalue weighted by Gasteiger charge is 2.20. The lowest BCUT2D eigenvalue weighted by atomic mass is 10.1. The molecule has 1 saturated heterocycles. The monoisotopic (exact) mass is 773 g/mol. The van der Waals surface area contributed by atoms with Gasteiger partial charge in [0.25, 0.3) is 0 Å². The van der Waals surface area contributed by atoms with E-state index < -0.39 is 0 Å². The molecular weight excluding hydrogens is 737 g/mol. The van der Waals surface area contributed by atoms with Crippen LogP contribution in [0.4, 0.5) is 0 Å². The molecular formula is C43H37Cl2N5O5. The molecule has 55 heavy (non-hydrogen) atoms. The molecule has 10 nitrogen and oxygen atoms in total. The fourth-order valence-electron chi connectivity index (χ4n) is 5.90. The Morgan fingerprint density at radius 1 is 0.818 bits per heavy atom. The molecule has 0 unspecified atom stereocenters. The molecule has 0 aliphatic carbocycles. The molecule has 0 N–H and O–H groups in total. The Labute approximate surface area is 330 Å².